The Balaban J connectivity index is 2.87. The molecule has 0 radical (unpaired) electrons. The van der Waals surface area contributed by atoms with Crippen molar-refractivity contribution in [1.29, 1.82) is 0 Å². The molecule has 1 N–H and O–H groups in total. The molecule has 0 saturated heterocycles. The average Bonchev–Trinajstić information content (AvgIpc) is 2.78. The van der Waals surface area contributed by atoms with Gasteiger partial charge in [0, 0.05) is 5.56 Å². The molecule has 0 saturated carbocycles. The van der Waals surface area contributed by atoms with Crippen molar-refractivity contribution in [2.24, 2.45) is 5.92 Å². The molecule has 0 aliphatic heterocycles. The molecule has 0 aliphatic carbocycles. The van der Waals surface area contributed by atoms with E-state index in [1.807, 2.05) is 13.8 Å². The molecular formula is C15H24N2O4. The Labute approximate surface area is 125 Å². The second kappa shape index (κ2) is 6.74. The molecular weight excluding hydrogens is 272 g/mol. The monoisotopic (exact) mass is 296 g/mol. The first-order chi connectivity index (χ1) is 9.65. The molecule has 1 aromatic heterocycles. The summed E-state index contributed by atoms with van der Waals surface area (Å²) in [6.45, 7) is 10.9. The SMILES string of the molecule is CC[C@H](C)[C@H](NC(=O)c1oncc1C)C(=O)OC(C)(C)C. The Kier molecular flexibility index (Phi) is 5.52. The van der Waals surface area contributed by atoms with Crippen molar-refractivity contribution in [3.63, 3.8) is 0 Å². The van der Waals surface area contributed by atoms with Gasteiger partial charge in [-0.15, -0.1) is 0 Å². The first kappa shape index (κ1) is 17.2. The van der Waals surface area contributed by atoms with Crippen molar-refractivity contribution in [3.8, 4) is 0 Å². The van der Waals surface area contributed by atoms with Gasteiger partial charge in [0.1, 0.15) is 11.6 Å². The van der Waals surface area contributed by atoms with Crippen LogP contribution in [0, 0.1) is 12.8 Å². The van der Waals surface area contributed by atoms with Gasteiger partial charge in [-0.1, -0.05) is 25.4 Å². The fourth-order valence-corrected chi connectivity index (χ4v) is 1.75. The van der Waals surface area contributed by atoms with Gasteiger partial charge in [-0.2, -0.15) is 0 Å². The summed E-state index contributed by atoms with van der Waals surface area (Å²) in [5.74, 6) is -0.831. The van der Waals surface area contributed by atoms with Crippen molar-refractivity contribution in [3.05, 3.63) is 17.5 Å². The molecule has 118 valence electrons. The molecule has 2 atom stereocenters. The molecule has 0 bridgehead atoms. The van der Waals surface area contributed by atoms with Gasteiger partial charge in [-0.3, -0.25) is 4.79 Å². The lowest BCUT2D eigenvalue weighted by Gasteiger charge is -2.27. The highest BCUT2D eigenvalue weighted by molar-refractivity contribution is 5.95. The Morgan fingerprint density at radius 2 is 2.05 bits per heavy atom. The summed E-state index contributed by atoms with van der Waals surface area (Å²) in [6.07, 6.45) is 2.19. The van der Waals surface area contributed by atoms with Gasteiger partial charge in [0.05, 0.1) is 6.20 Å². The van der Waals surface area contributed by atoms with Crippen LogP contribution < -0.4 is 5.32 Å². The highest BCUT2D eigenvalue weighted by Crippen LogP contribution is 2.16. The van der Waals surface area contributed by atoms with Gasteiger partial charge < -0.3 is 14.6 Å². The fraction of sp³-hybridized carbons (Fsp3) is 0.667. The van der Waals surface area contributed by atoms with Gasteiger partial charge in [-0.25, -0.2) is 4.79 Å². The topological polar surface area (TPSA) is 81.4 Å². The Bertz CT molecular complexity index is 502. The molecule has 1 heterocycles. The predicted molar refractivity (Wildman–Crippen MR) is 77.8 cm³/mol. The minimum absolute atomic E-state index is 0.0490. The van der Waals surface area contributed by atoms with Crippen LogP contribution in [0.3, 0.4) is 0 Å². The molecule has 1 aromatic rings. The number of nitrogens with one attached hydrogen (secondary N) is 1. The normalized spacial score (nSPS) is 14.4. The molecule has 6 nitrogen and oxygen atoms in total. The number of hydrogen-bond donors (Lipinski definition) is 1. The van der Waals surface area contributed by atoms with E-state index in [1.54, 1.807) is 27.7 Å². The van der Waals surface area contributed by atoms with E-state index in [4.69, 9.17) is 9.26 Å². The van der Waals surface area contributed by atoms with Gasteiger partial charge in [0.2, 0.25) is 5.76 Å². The fourth-order valence-electron chi connectivity index (χ4n) is 1.75. The van der Waals surface area contributed by atoms with Gasteiger partial charge in [-0.05, 0) is 33.6 Å². The van der Waals surface area contributed by atoms with Crippen molar-refractivity contribution >= 4 is 11.9 Å². The number of aromatic nitrogens is 1. The lowest BCUT2D eigenvalue weighted by molar-refractivity contribution is -0.158. The lowest BCUT2D eigenvalue weighted by atomic mass is 9.98. The van der Waals surface area contributed by atoms with Crippen LogP contribution in [-0.2, 0) is 9.53 Å². The number of ether oxygens (including phenoxy) is 1. The van der Waals surface area contributed by atoms with E-state index in [0.717, 1.165) is 6.42 Å². The first-order valence-corrected chi connectivity index (χ1v) is 7.10. The molecule has 0 spiro atoms. The quantitative estimate of drug-likeness (QED) is 0.844. The van der Waals surface area contributed by atoms with Crippen LogP contribution in [0.25, 0.3) is 0 Å². The van der Waals surface area contributed by atoms with Crippen LogP contribution in [0.5, 0.6) is 0 Å². The standard InChI is InChI=1S/C15H24N2O4/c1-7-9(2)11(14(19)20-15(4,5)6)17-13(18)12-10(3)8-16-21-12/h8-9,11H,7H2,1-6H3,(H,17,18)/t9-,11-/m0/s1. The maximum Gasteiger partial charge on any atom is 0.329 e. The summed E-state index contributed by atoms with van der Waals surface area (Å²) in [5.41, 5.74) is 0.0231. The van der Waals surface area contributed by atoms with E-state index in [-0.39, 0.29) is 11.7 Å². The summed E-state index contributed by atoms with van der Waals surface area (Å²) >= 11 is 0. The number of rotatable bonds is 5. The van der Waals surface area contributed by atoms with Crippen LogP contribution in [0.15, 0.2) is 10.7 Å². The van der Waals surface area contributed by atoms with E-state index in [0.29, 0.717) is 5.56 Å². The molecule has 0 fully saturated rings. The highest BCUT2D eigenvalue weighted by Gasteiger charge is 2.31. The number of carbonyl (C=O) groups is 2. The third-order valence-electron chi connectivity index (χ3n) is 3.12. The summed E-state index contributed by atoms with van der Waals surface area (Å²) in [5, 5.41) is 6.25. The number of amides is 1. The molecule has 1 rings (SSSR count). The second-order valence-corrected chi connectivity index (χ2v) is 6.21. The maximum absolute atomic E-state index is 12.3. The largest absolute Gasteiger partial charge is 0.458 e. The Morgan fingerprint density at radius 1 is 1.43 bits per heavy atom. The Hall–Kier alpha value is -1.85. The molecule has 0 aromatic carbocycles. The second-order valence-electron chi connectivity index (χ2n) is 6.21. The summed E-state index contributed by atoms with van der Waals surface area (Å²) in [7, 11) is 0. The molecule has 0 unspecified atom stereocenters. The van der Waals surface area contributed by atoms with Crippen LogP contribution in [-0.4, -0.2) is 28.7 Å². The minimum atomic E-state index is -0.716. The molecule has 6 heteroatoms. The summed E-state index contributed by atoms with van der Waals surface area (Å²) < 4.78 is 10.3. The molecule has 1 amide bonds. The van der Waals surface area contributed by atoms with Crippen LogP contribution in [0.1, 0.15) is 57.2 Å². The smallest absolute Gasteiger partial charge is 0.329 e. The van der Waals surface area contributed by atoms with Crippen LogP contribution >= 0.6 is 0 Å². The van der Waals surface area contributed by atoms with Crippen molar-refractivity contribution in [2.45, 2.75) is 59.6 Å². The number of aryl methyl sites for hydroxylation is 1. The lowest BCUT2D eigenvalue weighted by Crippen LogP contribution is -2.47. The van der Waals surface area contributed by atoms with E-state index in [9.17, 15) is 9.59 Å². The molecule has 21 heavy (non-hydrogen) atoms. The Morgan fingerprint density at radius 3 is 2.48 bits per heavy atom. The molecule has 0 aliphatic rings. The van der Waals surface area contributed by atoms with Gasteiger partial charge >= 0.3 is 5.97 Å². The average molecular weight is 296 g/mol. The van der Waals surface area contributed by atoms with E-state index in [2.05, 4.69) is 10.5 Å². The third kappa shape index (κ3) is 4.88. The number of carbonyl (C=O) groups excluding carboxylic acids is 2. The zero-order valence-corrected chi connectivity index (χ0v) is 13.5. The van der Waals surface area contributed by atoms with Crippen LogP contribution in [0.2, 0.25) is 0 Å². The third-order valence-corrected chi connectivity index (χ3v) is 3.12. The van der Waals surface area contributed by atoms with Gasteiger partial charge in [0.25, 0.3) is 5.91 Å². The minimum Gasteiger partial charge on any atom is -0.458 e. The maximum atomic E-state index is 12.3. The van der Waals surface area contributed by atoms with Crippen molar-refractivity contribution in [2.75, 3.05) is 0 Å². The van der Waals surface area contributed by atoms with E-state index < -0.39 is 23.5 Å². The van der Waals surface area contributed by atoms with E-state index >= 15 is 0 Å². The zero-order chi connectivity index (χ0) is 16.2. The van der Waals surface area contributed by atoms with Crippen LogP contribution in [0.4, 0.5) is 0 Å². The summed E-state index contributed by atoms with van der Waals surface area (Å²) in [6, 6.07) is -0.716. The number of nitrogens with zero attached hydrogens (tertiary/aromatic N) is 1. The number of hydrogen-bond acceptors (Lipinski definition) is 5. The first-order valence-electron chi connectivity index (χ1n) is 7.10. The van der Waals surface area contributed by atoms with Gasteiger partial charge in [0.15, 0.2) is 0 Å². The zero-order valence-electron chi connectivity index (χ0n) is 13.5. The van der Waals surface area contributed by atoms with E-state index in [1.165, 1.54) is 6.20 Å². The van der Waals surface area contributed by atoms with Crippen molar-refractivity contribution < 1.29 is 18.8 Å². The van der Waals surface area contributed by atoms with Crippen molar-refractivity contribution in [1.82, 2.24) is 10.5 Å². The summed E-state index contributed by atoms with van der Waals surface area (Å²) in [4.78, 5) is 24.4. The highest BCUT2D eigenvalue weighted by atomic mass is 16.6. The predicted octanol–water partition coefficient (Wildman–Crippen LogP) is 2.47. The number of esters is 1.